The second-order valence-electron chi connectivity index (χ2n) is 6.15. The third-order valence-corrected chi connectivity index (χ3v) is 4.18. The van der Waals surface area contributed by atoms with Gasteiger partial charge in [-0.15, -0.1) is 0 Å². The average molecular weight is 322 g/mol. The molecule has 0 radical (unpaired) electrons. The second kappa shape index (κ2) is 6.93. The van der Waals surface area contributed by atoms with E-state index < -0.39 is 0 Å². The number of phenolic OH excluding ortho intramolecular Hbond substituents is 2. The van der Waals surface area contributed by atoms with Gasteiger partial charge in [0.15, 0.2) is 0 Å². The van der Waals surface area contributed by atoms with E-state index in [1.165, 1.54) is 0 Å². The Hall–Kier alpha value is -2.52. The van der Waals surface area contributed by atoms with Crippen LogP contribution in [-0.2, 0) is 24.4 Å². The van der Waals surface area contributed by atoms with Crippen LogP contribution in [0.3, 0.4) is 0 Å². The Balaban J connectivity index is 1.74. The molecule has 0 unspecified atom stereocenters. The Morgan fingerprint density at radius 3 is 2.38 bits per heavy atom. The molecule has 2 N–H and O–H groups in total. The fourth-order valence-electron chi connectivity index (χ4n) is 2.98. The number of aryl methyl sites for hydroxylation is 2. The van der Waals surface area contributed by atoms with Gasteiger partial charge in [0.05, 0.1) is 13.2 Å². The minimum atomic E-state index is 0.260. The minimum Gasteiger partial charge on any atom is -0.508 e. The molecule has 0 aliphatic heterocycles. The van der Waals surface area contributed by atoms with Crippen LogP contribution in [0.4, 0.5) is 0 Å². The lowest BCUT2D eigenvalue weighted by molar-refractivity contribution is 0.107. The number of hydrogen-bond acceptors (Lipinski definition) is 3. The SMILES string of the molecule is CCc1ccc2ccc(COCc3cc(C)cc(O)c3)cc2c1O. The summed E-state index contributed by atoms with van der Waals surface area (Å²) in [5, 5.41) is 21.9. The molecular formula is C21H22O3. The summed E-state index contributed by atoms with van der Waals surface area (Å²) in [5.41, 5.74) is 3.93. The summed E-state index contributed by atoms with van der Waals surface area (Å²) >= 11 is 0. The lowest BCUT2D eigenvalue weighted by Crippen LogP contribution is -1.95. The third-order valence-electron chi connectivity index (χ3n) is 4.18. The van der Waals surface area contributed by atoms with Gasteiger partial charge >= 0.3 is 0 Å². The van der Waals surface area contributed by atoms with Gasteiger partial charge in [0, 0.05) is 5.39 Å². The van der Waals surface area contributed by atoms with E-state index in [0.717, 1.165) is 39.4 Å². The summed E-state index contributed by atoms with van der Waals surface area (Å²) in [7, 11) is 0. The summed E-state index contributed by atoms with van der Waals surface area (Å²) in [5.74, 6) is 0.622. The molecule has 124 valence electrons. The van der Waals surface area contributed by atoms with E-state index in [-0.39, 0.29) is 5.75 Å². The zero-order chi connectivity index (χ0) is 17.1. The van der Waals surface area contributed by atoms with Crippen molar-refractivity contribution in [1.82, 2.24) is 0 Å². The van der Waals surface area contributed by atoms with Crippen LogP contribution < -0.4 is 0 Å². The van der Waals surface area contributed by atoms with E-state index in [1.807, 2.05) is 50.2 Å². The maximum Gasteiger partial charge on any atom is 0.126 e. The molecule has 0 fully saturated rings. The van der Waals surface area contributed by atoms with Crippen LogP contribution in [0.5, 0.6) is 11.5 Å². The Bertz CT molecular complexity index is 848. The van der Waals surface area contributed by atoms with Gasteiger partial charge in [-0.25, -0.2) is 0 Å². The molecule has 3 nitrogen and oxygen atoms in total. The Labute approximate surface area is 142 Å². The molecule has 3 rings (SSSR count). The van der Waals surface area contributed by atoms with Crippen molar-refractivity contribution < 1.29 is 14.9 Å². The predicted molar refractivity (Wildman–Crippen MR) is 96.3 cm³/mol. The highest BCUT2D eigenvalue weighted by Crippen LogP contribution is 2.30. The van der Waals surface area contributed by atoms with Gasteiger partial charge in [0.25, 0.3) is 0 Å². The van der Waals surface area contributed by atoms with Gasteiger partial charge in [-0.3, -0.25) is 0 Å². The zero-order valence-corrected chi connectivity index (χ0v) is 14.0. The van der Waals surface area contributed by atoms with Crippen LogP contribution >= 0.6 is 0 Å². The van der Waals surface area contributed by atoms with Crippen molar-refractivity contribution in [1.29, 1.82) is 0 Å². The standard InChI is InChI=1S/C21H22O3/c1-3-17-6-7-18-5-4-15(11-20(18)21(17)23)12-24-13-16-8-14(2)9-19(22)10-16/h4-11,22-23H,3,12-13H2,1-2H3. The smallest absolute Gasteiger partial charge is 0.126 e. The van der Waals surface area contributed by atoms with Crippen LogP contribution in [0.25, 0.3) is 10.8 Å². The lowest BCUT2D eigenvalue weighted by Gasteiger charge is -2.10. The fraction of sp³-hybridized carbons (Fsp3) is 0.238. The molecule has 0 atom stereocenters. The molecule has 0 spiro atoms. The van der Waals surface area contributed by atoms with Crippen molar-refractivity contribution in [3.05, 3.63) is 70.8 Å². The highest BCUT2D eigenvalue weighted by atomic mass is 16.5. The van der Waals surface area contributed by atoms with Gasteiger partial charge < -0.3 is 14.9 Å². The van der Waals surface area contributed by atoms with E-state index in [1.54, 1.807) is 12.1 Å². The highest BCUT2D eigenvalue weighted by Gasteiger charge is 2.06. The van der Waals surface area contributed by atoms with E-state index in [4.69, 9.17) is 4.74 Å². The number of ether oxygens (including phenoxy) is 1. The molecular weight excluding hydrogens is 300 g/mol. The van der Waals surface area contributed by atoms with Crippen LogP contribution in [0.2, 0.25) is 0 Å². The van der Waals surface area contributed by atoms with Gasteiger partial charge in [-0.2, -0.15) is 0 Å². The first-order valence-corrected chi connectivity index (χ1v) is 8.17. The fourth-order valence-corrected chi connectivity index (χ4v) is 2.98. The molecule has 3 aromatic carbocycles. The van der Waals surface area contributed by atoms with Crippen molar-refractivity contribution in [2.75, 3.05) is 0 Å². The zero-order valence-electron chi connectivity index (χ0n) is 14.0. The minimum absolute atomic E-state index is 0.260. The van der Waals surface area contributed by atoms with E-state index in [0.29, 0.717) is 19.0 Å². The summed E-state index contributed by atoms with van der Waals surface area (Å²) in [4.78, 5) is 0. The lowest BCUT2D eigenvalue weighted by atomic mass is 10.0. The maximum absolute atomic E-state index is 10.4. The number of aromatic hydroxyl groups is 2. The van der Waals surface area contributed by atoms with Gasteiger partial charge in [-0.05, 0) is 59.2 Å². The first-order chi connectivity index (χ1) is 11.6. The number of fused-ring (bicyclic) bond motifs is 1. The summed E-state index contributed by atoms with van der Waals surface area (Å²) in [6.45, 7) is 4.88. The number of phenols is 2. The number of hydrogen-bond donors (Lipinski definition) is 2. The normalized spacial score (nSPS) is 11.1. The van der Waals surface area contributed by atoms with Gasteiger partial charge in [0.2, 0.25) is 0 Å². The Kier molecular flexibility index (Phi) is 4.72. The van der Waals surface area contributed by atoms with Crippen molar-refractivity contribution in [3.63, 3.8) is 0 Å². The molecule has 3 heteroatoms. The molecule has 0 aliphatic rings. The summed E-state index contributed by atoms with van der Waals surface area (Å²) in [6.07, 6.45) is 0.805. The monoisotopic (exact) mass is 322 g/mol. The Morgan fingerprint density at radius 2 is 1.62 bits per heavy atom. The number of rotatable bonds is 5. The molecule has 0 aliphatic carbocycles. The average Bonchev–Trinajstić information content (AvgIpc) is 2.55. The van der Waals surface area contributed by atoms with E-state index in [2.05, 4.69) is 0 Å². The van der Waals surface area contributed by atoms with E-state index in [9.17, 15) is 10.2 Å². The molecule has 0 amide bonds. The largest absolute Gasteiger partial charge is 0.508 e. The quantitative estimate of drug-likeness (QED) is 0.707. The highest BCUT2D eigenvalue weighted by molar-refractivity contribution is 5.89. The van der Waals surface area contributed by atoms with Gasteiger partial charge in [0.1, 0.15) is 11.5 Å². The maximum atomic E-state index is 10.4. The summed E-state index contributed by atoms with van der Waals surface area (Å²) in [6, 6.07) is 15.4. The third kappa shape index (κ3) is 3.52. The van der Waals surface area contributed by atoms with Crippen molar-refractivity contribution in [2.45, 2.75) is 33.5 Å². The molecule has 0 aromatic heterocycles. The van der Waals surface area contributed by atoms with Crippen LogP contribution in [0.1, 0.15) is 29.2 Å². The molecule has 0 saturated carbocycles. The van der Waals surface area contributed by atoms with Crippen LogP contribution in [0.15, 0.2) is 48.5 Å². The predicted octanol–water partition coefficient (Wildman–Crippen LogP) is 4.84. The first-order valence-electron chi connectivity index (χ1n) is 8.17. The molecule has 0 heterocycles. The summed E-state index contributed by atoms with van der Waals surface area (Å²) < 4.78 is 5.77. The molecule has 3 aromatic rings. The van der Waals surface area contributed by atoms with Crippen molar-refractivity contribution >= 4 is 10.8 Å². The van der Waals surface area contributed by atoms with Gasteiger partial charge in [-0.1, -0.05) is 37.3 Å². The molecule has 0 saturated heterocycles. The van der Waals surface area contributed by atoms with E-state index >= 15 is 0 Å². The topological polar surface area (TPSA) is 49.7 Å². The van der Waals surface area contributed by atoms with Crippen molar-refractivity contribution in [2.24, 2.45) is 0 Å². The van der Waals surface area contributed by atoms with Crippen molar-refractivity contribution in [3.8, 4) is 11.5 Å². The first kappa shape index (κ1) is 16.3. The second-order valence-corrected chi connectivity index (χ2v) is 6.15. The van der Waals surface area contributed by atoms with Crippen LogP contribution in [-0.4, -0.2) is 10.2 Å². The Morgan fingerprint density at radius 1 is 0.875 bits per heavy atom. The van der Waals surface area contributed by atoms with Crippen LogP contribution in [0, 0.1) is 6.92 Å². The molecule has 0 bridgehead atoms. The number of benzene rings is 3. The molecule has 24 heavy (non-hydrogen) atoms.